The molecule has 1 N–H and O–H groups in total. The predicted molar refractivity (Wildman–Crippen MR) is 79.2 cm³/mol. The van der Waals surface area contributed by atoms with E-state index in [4.69, 9.17) is 4.42 Å². The number of aromatic amines is 1. The molecule has 0 fully saturated rings. The van der Waals surface area contributed by atoms with E-state index in [1.165, 1.54) is 4.57 Å². The lowest BCUT2D eigenvalue weighted by atomic mass is 10.3. The first-order chi connectivity index (χ1) is 10.8. The van der Waals surface area contributed by atoms with Gasteiger partial charge in [-0.15, -0.1) is 0 Å². The smallest absolute Gasteiger partial charge is 0.329 e. The van der Waals surface area contributed by atoms with Gasteiger partial charge in [0, 0.05) is 12.4 Å². The predicted octanol–water partition coefficient (Wildman–Crippen LogP) is 1.82. The summed E-state index contributed by atoms with van der Waals surface area (Å²) in [6, 6.07) is 7.30. The summed E-state index contributed by atoms with van der Waals surface area (Å²) in [5.41, 5.74) is 2.18. The Morgan fingerprint density at radius 2 is 2.18 bits per heavy atom. The maximum Gasteiger partial charge on any atom is 0.329 e. The molecule has 0 spiro atoms. The van der Waals surface area contributed by atoms with Gasteiger partial charge in [0.25, 0.3) is 0 Å². The average Bonchev–Trinajstić information content (AvgIpc) is 3.17. The second-order valence-electron chi connectivity index (χ2n) is 4.78. The molecule has 0 aliphatic rings. The van der Waals surface area contributed by atoms with Crippen LogP contribution in [0.5, 0.6) is 0 Å². The van der Waals surface area contributed by atoms with Gasteiger partial charge in [0.2, 0.25) is 0 Å². The molecule has 0 saturated carbocycles. The van der Waals surface area contributed by atoms with Crippen molar-refractivity contribution in [2.75, 3.05) is 0 Å². The third-order valence-corrected chi connectivity index (χ3v) is 3.32. The van der Waals surface area contributed by atoms with Gasteiger partial charge in [-0.05, 0) is 23.8 Å². The lowest BCUT2D eigenvalue weighted by molar-refractivity contribution is 0.580. The molecule has 7 nitrogen and oxygen atoms in total. The van der Waals surface area contributed by atoms with Gasteiger partial charge in [-0.25, -0.2) is 14.8 Å². The van der Waals surface area contributed by atoms with Crippen molar-refractivity contribution in [3.05, 3.63) is 65.2 Å². The van der Waals surface area contributed by atoms with Crippen molar-refractivity contribution in [3.8, 4) is 11.5 Å². The highest BCUT2D eigenvalue weighted by molar-refractivity contribution is 5.69. The highest BCUT2D eigenvalue weighted by Gasteiger charge is 2.12. The van der Waals surface area contributed by atoms with E-state index in [-0.39, 0.29) is 5.69 Å². The number of nitrogens with zero attached hydrogens (tertiary/aromatic N) is 4. The zero-order chi connectivity index (χ0) is 14.9. The van der Waals surface area contributed by atoms with E-state index >= 15 is 0 Å². The number of fused-ring (bicyclic) bond motifs is 1. The molecule has 4 rings (SSSR count). The van der Waals surface area contributed by atoms with Crippen LogP contribution in [-0.4, -0.2) is 24.5 Å². The SMILES string of the molecule is O=c1[nH]c2nc(-c3ccco3)cnc2n1Cc1cccnc1. The highest BCUT2D eigenvalue weighted by atomic mass is 16.3. The number of nitrogens with one attached hydrogen (secondary N) is 1. The maximum absolute atomic E-state index is 12.1. The molecule has 108 valence electrons. The second-order valence-corrected chi connectivity index (χ2v) is 4.78. The van der Waals surface area contributed by atoms with E-state index in [1.807, 2.05) is 12.1 Å². The van der Waals surface area contributed by atoms with Gasteiger partial charge < -0.3 is 4.42 Å². The Bertz CT molecular complexity index is 970. The van der Waals surface area contributed by atoms with Crippen LogP contribution in [0.2, 0.25) is 0 Å². The Kier molecular flexibility index (Phi) is 2.82. The standard InChI is InChI=1S/C15H11N5O2/c21-15-19-13-14(20(15)9-10-3-1-5-16-7-10)17-8-11(18-13)12-4-2-6-22-12/h1-8H,9H2,(H,18,19,21). The number of aromatic nitrogens is 5. The monoisotopic (exact) mass is 293 g/mol. The van der Waals surface area contributed by atoms with Crippen LogP contribution >= 0.6 is 0 Å². The van der Waals surface area contributed by atoms with Crippen molar-refractivity contribution in [1.82, 2.24) is 24.5 Å². The molecule has 0 bridgehead atoms. The second kappa shape index (κ2) is 4.96. The Labute approximate surface area is 124 Å². The number of furan rings is 1. The minimum Gasteiger partial charge on any atom is -0.463 e. The lowest BCUT2D eigenvalue weighted by Gasteiger charge is -2.02. The molecule has 0 radical (unpaired) electrons. The van der Waals surface area contributed by atoms with Gasteiger partial charge in [0.05, 0.1) is 19.0 Å². The first kappa shape index (κ1) is 12.5. The van der Waals surface area contributed by atoms with Crippen molar-refractivity contribution < 1.29 is 4.42 Å². The van der Waals surface area contributed by atoms with Crippen molar-refractivity contribution in [3.63, 3.8) is 0 Å². The third-order valence-electron chi connectivity index (χ3n) is 3.32. The molecule has 4 heterocycles. The summed E-state index contributed by atoms with van der Waals surface area (Å²) in [4.78, 5) is 27.6. The maximum atomic E-state index is 12.1. The number of H-pyrrole nitrogens is 1. The van der Waals surface area contributed by atoms with Crippen LogP contribution in [0.25, 0.3) is 22.7 Å². The minimum atomic E-state index is -0.254. The summed E-state index contributed by atoms with van der Waals surface area (Å²) < 4.78 is 6.82. The minimum absolute atomic E-state index is 0.254. The number of rotatable bonds is 3. The van der Waals surface area contributed by atoms with Crippen LogP contribution in [-0.2, 0) is 6.54 Å². The first-order valence-electron chi connectivity index (χ1n) is 6.69. The van der Waals surface area contributed by atoms with E-state index in [1.54, 1.807) is 37.0 Å². The number of imidazole rings is 1. The fourth-order valence-electron chi connectivity index (χ4n) is 2.29. The molecule has 0 aliphatic carbocycles. The molecular weight excluding hydrogens is 282 g/mol. The van der Waals surface area contributed by atoms with Crippen molar-refractivity contribution in [1.29, 1.82) is 0 Å². The van der Waals surface area contributed by atoms with E-state index in [2.05, 4.69) is 19.9 Å². The Morgan fingerprint density at radius 1 is 1.23 bits per heavy atom. The summed E-state index contributed by atoms with van der Waals surface area (Å²) >= 11 is 0. The van der Waals surface area contributed by atoms with E-state index in [0.29, 0.717) is 29.3 Å². The molecule has 0 saturated heterocycles. The number of hydrogen-bond acceptors (Lipinski definition) is 5. The van der Waals surface area contributed by atoms with Crippen LogP contribution in [0.4, 0.5) is 0 Å². The van der Waals surface area contributed by atoms with Crippen LogP contribution in [0.3, 0.4) is 0 Å². The van der Waals surface area contributed by atoms with Gasteiger partial charge in [-0.3, -0.25) is 14.5 Å². The average molecular weight is 293 g/mol. The summed E-state index contributed by atoms with van der Waals surface area (Å²) in [6.07, 6.45) is 6.57. The van der Waals surface area contributed by atoms with Gasteiger partial charge in [0.15, 0.2) is 17.1 Å². The van der Waals surface area contributed by atoms with Crippen molar-refractivity contribution in [2.24, 2.45) is 0 Å². The van der Waals surface area contributed by atoms with Crippen LogP contribution in [0.1, 0.15) is 5.56 Å². The molecule has 0 atom stereocenters. The largest absolute Gasteiger partial charge is 0.463 e. The van der Waals surface area contributed by atoms with Crippen molar-refractivity contribution >= 4 is 11.3 Å². The Hall–Kier alpha value is -3.22. The molecule has 4 aromatic rings. The summed E-state index contributed by atoms with van der Waals surface area (Å²) in [5, 5.41) is 0. The highest BCUT2D eigenvalue weighted by Crippen LogP contribution is 2.18. The molecule has 22 heavy (non-hydrogen) atoms. The summed E-state index contributed by atoms with van der Waals surface area (Å²) in [5.74, 6) is 0.607. The molecule has 0 amide bonds. The van der Waals surface area contributed by atoms with E-state index < -0.39 is 0 Å². The summed E-state index contributed by atoms with van der Waals surface area (Å²) in [7, 11) is 0. The Balaban J connectivity index is 1.80. The summed E-state index contributed by atoms with van der Waals surface area (Å²) in [6.45, 7) is 0.390. The van der Waals surface area contributed by atoms with Crippen LogP contribution in [0.15, 0.2) is 58.3 Å². The van der Waals surface area contributed by atoms with Crippen LogP contribution in [0, 0.1) is 0 Å². The van der Waals surface area contributed by atoms with E-state index in [0.717, 1.165) is 5.56 Å². The molecule has 0 unspecified atom stereocenters. The quantitative estimate of drug-likeness (QED) is 0.622. The Morgan fingerprint density at radius 3 is 2.95 bits per heavy atom. The fraction of sp³-hybridized carbons (Fsp3) is 0.0667. The molecule has 0 aliphatic heterocycles. The normalized spacial score (nSPS) is 11.1. The first-order valence-corrected chi connectivity index (χ1v) is 6.69. The lowest BCUT2D eigenvalue weighted by Crippen LogP contribution is -2.17. The molecule has 7 heteroatoms. The molecule has 4 aromatic heterocycles. The zero-order valence-electron chi connectivity index (χ0n) is 11.4. The zero-order valence-corrected chi connectivity index (χ0v) is 11.4. The van der Waals surface area contributed by atoms with Gasteiger partial charge in [-0.2, -0.15) is 0 Å². The number of hydrogen-bond donors (Lipinski definition) is 1. The van der Waals surface area contributed by atoms with Crippen molar-refractivity contribution in [2.45, 2.75) is 6.54 Å². The number of pyridine rings is 1. The van der Waals surface area contributed by atoms with E-state index in [9.17, 15) is 4.79 Å². The molecular formula is C15H11N5O2. The van der Waals surface area contributed by atoms with Gasteiger partial charge in [-0.1, -0.05) is 6.07 Å². The van der Waals surface area contributed by atoms with Gasteiger partial charge >= 0.3 is 5.69 Å². The topological polar surface area (TPSA) is 89.6 Å². The fourth-order valence-corrected chi connectivity index (χ4v) is 2.29. The molecule has 0 aromatic carbocycles. The van der Waals surface area contributed by atoms with Crippen LogP contribution < -0.4 is 5.69 Å². The van der Waals surface area contributed by atoms with Gasteiger partial charge in [0.1, 0.15) is 5.69 Å². The third kappa shape index (κ3) is 2.08.